The first kappa shape index (κ1) is 9.10. The monoisotopic (exact) mass is 194 g/mol. The maximum Gasteiger partial charge on any atom is 0.0994 e. The number of aryl methyl sites for hydroxylation is 1. The van der Waals surface area contributed by atoms with Crippen LogP contribution in [-0.4, -0.2) is 16.6 Å². The molecule has 2 rings (SSSR count). The highest BCUT2D eigenvalue weighted by atomic mass is 32.2. The van der Waals surface area contributed by atoms with E-state index < -0.39 is 5.60 Å². The van der Waals surface area contributed by atoms with E-state index in [2.05, 4.69) is 19.1 Å². The van der Waals surface area contributed by atoms with Gasteiger partial charge in [0.25, 0.3) is 0 Å². The molecular formula is C11H14OS. The van der Waals surface area contributed by atoms with Gasteiger partial charge >= 0.3 is 0 Å². The van der Waals surface area contributed by atoms with Crippen molar-refractivity contribution in [1.82, 2.24) is 0 Å². The lowest BCUT2D eigenvalue weighted by atomic mass is 9.93. The normalized spacial score (nSPS) is 27.8. The molecule has 0 aliphatic carbocycles. The van der Waals surface area contributed by atoms with Crippen LogP contribution in [0.15, 0.2) is 24.3 Å². The molecule has 2 heteroatoms. The maximum absolute atomic E-state index is 10.2. The number of thioether (sulfide) groups is 1. The van der Waals surface area contributed by atoms with Crippen LogP contribution in [0.2, 0.25) is 0 Å². The highest BCUT2D eigenvalue weighted by Crippen LogP contribution is 2.36. The molecule has 0 aromatic heterocycles. The van der Waals surface area contributed by atoms with E-state index in [4.69, 9.17) is 0 Å². The lowest BCUT2D eigenvalue weighted by molar-refractivity contribution is 0.0658. The van der Waals surface area contributed by atoms with Crippen molar-refractivity contribution < 1.29 is 5.11 Å². The van der Waals surface area contributed by atoms with Gasteiger partial charge in [-0.3, -0.25) is 0 Å². The van der Waals surface area contributed by atoms with Crippen LogP contribution in [0, 0.1) is 6.92 Å². The topological polar surface area (TPSA) is 20.2 Å². The van der Waals surface area contributed by atoms with Crippen molar-refractivity contribution in [1.29, 1.82) is 0 Å². The molecule has 0 spiro atoms. The lowest BCUT2D eigenvalue weighted by Gasteiger charge is -2.21. The number of rotatable bonds is 1. The van der Waals surface area contributed by atoms with Crippen LogP contribution in [0.3, 0.4) is 0 Å². The van der Waals surface area contributed by atoms with Gasteiger partial charge in [0.05, 0.1) is 5.60 Å². The minimum absolute atomic E-state index is 0.557. The number of hydrogen-bond acceptors (Lipinski definition) is 2. The molecule has 0 amide bonds. The molecule has 70 valence electrons. The molecule has 1 N–H and O–H groups in total. The predicted octanol–water partition coefficient (Wildman–Crippen LogP) is 2.32. The van der Waals surface area contributed by atoms with Gasteiger partial charge in [0.1, 0.15) is 0 Å². The zero-order valence-corrected chi connectivity index (χ0v) is 8.60. The van der Waals surface area contributed by atoms with Crippen molar-refractivity contribution >= 4 is 11.8 Å². The Morgan fingerprint density at radius 1 is 1.31 bits per heavy atom. The second kappa shape index (κ2) is 3.35. The highest BCUT2D eigenvalue weighted by molar-refractivity contribution is 7.99. The lowest BCUT2D eigenvalue weighted by Crippen LogP contribution is -2.24. The van der Waals surface area contributed by atoms with Crippen LogP contribution < -0.4 is 0 Å². The van der Waals surface area contributed by atoms with Gasteiger partial charge in [-0.25, -0.2) is 0 Å². The Bertz CT molecular complexity index is 285. The fourth-order valence-corrected chi connectivity index (χ4v) is 2.92. The second-order valence-corrected chi connectivity index (χ2v) is 4.81. The average molecular weight is 194 g/mol. The van der Waals surface area contributed by atoms with Crippen LogP contribution in [0.25, 0.3) is 0 Å². The minimum Gasteiger partial charge on any atom is -0.384 e. The molecule has 1 atom stereocenters. The third kappa shape index (κ3) is 1.74. The highest BCUT2D eigenvalue weighted by Gasteiger charge is 2.33. The van der Waals surface area contributed by atoms with Crippen LogP contribution in [0.4, 0.5) is 0 Å². The summed E-state index contributed by atoms with van der Waals surface area (Å²) in [5.74, 6) is 1.92. The van der Waals surface area contributed by atoms with Crippen LogP contribution >= 0.6 is 11.8 Å². The van der Waals surface area contributed by atoms with Crippen molar-refractivity contribution in [2.75, 3.05) is 11.5 Å². The molecule has 1 aliphatic rings. The van der Waals surface area contributed by atoms with Crippen LogP contribution in [0.1, 0.15) is 17.5 Å². The average Bonchev–Trinajstić information content (AvgIpc) is 2.54. The zero-order chi connectivity index (χ0) is 9.31. The molecule has 1 heterocycles. The van der Waals surface area contributed by atoms with Crippen molar-refractivity contribution in [2.24, 2.45) is 0 Å². The summed E-state index contributed by atoms with van der Waals surface area (Å²) in [5, 5.41) is 10.2. The quantitative estimate of drug-likeness (QED) is 0.740. The number of aliphatic hydroxyl groups is 1. The zero-order valence-electron chi connectivity index (χ0n) is 7.79. The first-order valence-corrected chi connectivity index (χ1v) is 5.73. The van der Waals surface area contributed by atoms with E-state index in [1.807, 2.05) is 23.9 Å². The number of hydrogen-bond donors (Lipinski definition) is 1. The SMILES string of the molecule is Cc1ccc([C@@]2(O)CCSC2)cc1. The smallest absolute Gasteiger partial charge is 0.0994 e. The largest absolute Gasteiger partial charge is 0.384 e. The first-order valence-electron chi connectivity index (χ1n) is 4.58. The first-order chi connectivity index (χ1) is 6.21. The predicted molar refractivity (Wildman–Crippen MR) is 57.0 cm³/mol. The van der Waals surface area contributed by atoms with Crippen molar-refractivity contribution in [3.05, 3.63) is 35.4 Å². The van der Waals surface area contributed by atoms with Gasteiger partial charge < -0.3 is 5.11 Å². The van der Waals surface area contributed by atoms with Crippen LogP contribution in [0.5, 0.6) is 0 Å². The van der Waals surface area contributed by atoms with Crippen molar-refractivity contribution in [3.8, 4) is 0 Å². The van der Waals surface area contributed by atoms with E-state index in [0.717, 1.165) is 23.5 Å². The summed E-state index contributed by atoms with van der Waals surface area (Å²) in [4.78, 5) is 0. The molecule has 1 saturated heterocycles. The molecule has 13 heavy (non-hydrogen) atoms. The summed E-state index contributed by atoms with van der Waals surface area (Å²) < 4.78 is 0. The Labute approximate surface area is 83.2 Å². The molecule has 1 aromatic carbocycles. The Kier molecular flexibility index (Phi) is 2.35. The van der Waals surface area contributed by atoms with E-state index >= 15 is 0 Å². The molecule has 0 unspecified atom stereocenters. The molecule has 1 aliphatic heterocycles. The molecule has 0 bridgehead atoms. The minimum atomic E-state index is -0.557. The van der Waals surface area contributed by atoms with Gasteiger partial charge in [0, 0.05) is 5.75 Å². The molecular weight excluding hydrogens is 180 g/mol. The third-order valence-corrected chi connectivity index (χ3v) is 3.76. The van der Waals surface area contributed by atoms with Gasteiger partial charge in [-0.1, -0.05) is 29.8 Å². The Morgan fingerprint density at radius 3 is 2.54 bits per heavy atom. The summed E-state index contributed by atoms with van der Waals surface area (Å²) in [5.41, 5.74) is 1.76. The van der Waals surface area contributed by atoms with Crippen molar-refractivity contribution in [2.45, 2.75) is 18.9 Å². The van der Waals surface area contributed by atoms with Crippen molar-refractivity contribution in [3.63, 3.8) is 0 Å². The fourth-order valence-electron chi connectivity index (χ4n) is 1.65. The van der Waals surface area contributed by atoms with Gasteiger partial charge in [0.2, 0.25) is 0 Å². The summed E-state index contributed by atoms with van der Waals surface area (Å²) in [7, 11) is 0. The third-order valence-electron chi connectivity index (χ3n) is 2.59. The Morgan fingerprint density at radius 2 is 2.00 bits per heavy atom. The van der Waals surface area contributed by atoms with Crippen LogP contribution in [-0.2, 0) is 5.60 Å². The van der Waals surface area contributed by atoms with E-state index in [1.165, 1.54) is 5.56 Å². The summed E-state index contributed by atoms with van der Waals surface area (Å²) in [6.07, 6.45) is 0.890. The fraction of sp³-hybridized carbons (Fsp3) is 0.455. The number of benzene rings is 1. The van der Waals surface area contributed by atoms with E-state index in [-0.39, 0.29) is 0 Å². The Balaban J connectivity index is 2.29. The standard InChI is InChI=1S/C11H14OS/c1-9-2-4-10(5-3-9)11(12)6-7-13-8-11/h2-5,12H,6-8H2,1H3/t11-/m1/s1. The van der Waals surface area contributed by atoms with E-state index in [9.17, 15) is 5.11 Å². The molecule has 0 saturated carbocycles. The molecule has 1 aromatic rings. The summed E-state index contributed by atoms with van der Waals surface area (Å²) in [6, 6.07) is 8.22. The molecule has 1 fully saturated rings. The summed E-state index contributed by atoms with van der Waals surface area (Å²) >= 11 is 1.83. The van der Waals surface area contributed by atoms with Gasteiger partial charge in [-0.2, -0.15) is 11.8 Å². The molecule has 0 radical (unpaired) electrons. The molecule has 1 nitrogen and oxygen atoms in total. The van der Waals surface area contributed by atoms with E-state index in [0.29, 0.717) is 0 Å². The maximum atomic E-state index is 10.2. The van der Waals surface area contributed by atoms with Gasteiger partial charge in [-0.15, -0.1) is 0 Å². The Hall–Kier alpha value is -0.470. The second-order valence-electron chi connectivity index (χ2n) is 3.70. The van der Waals surface area contributed by atoms with E-state index in [1.54, 1.807) is 0 Å². The summed E-state index contributed by atoms with van der Waals surface area (Å²) in [6.45, 7) is 2.07. The van der Waals surface area contributed by atoms with Gasteiger partial charge in [-0.05, 0) is 24.7 Å². The van der Waals surface area contributed by atoms with Gasteiger partial charge in [0.15, 0.2) is 0 Å².